The summed E-state index contributed by atoms with van der Waals surface area (Å²) in [5.41, 5.74) is 0.618. The Kier molecular flexibility index (Phi) is 5.87. The van der Waals surface area contributed by atoms with Crippen LogP contribution in [0, 0.1) is 6.92 Å². The molecule has 0 bridgehead atoms. The summed E-state index contributed by atoms with van der Waals surface area (Å²) < 4.78 is 34.3. The first-order chi connectivity index (χ1) is 9.12. The number of amides is 1. The van der Waals surface area contributed by atoms with Crippen LogP contribution in [0.3, 0.4) is 0 Å². The van der Waals surface area contributed by atoms with E-state index in [9.17, 15) is 17.4 Å². The van der Waals surface area contributed by atoms with Gasteiger partial charge in [0.05, 0.1) is 4.90 Å². The fraction of sp³-hybridized carbons (Fsp3) is 0.364. The number of nitrogens with two attached hydrogens (primary N) is 1. The lowest BCUT2D eigenvalue weighted by Crippen LogP contribution is -2.28. The van der Waals surface area contributed by atoms with Gasteiger partial charge in [-0.05, 0) is 24.6 Å². The third-order valence-corrected chi connectivity index (χ3v) is 5.18. The molecule has 1 aromatic carbocycles. The Morgan fingerprint density at radius 2 is 2.05 bits per heavy atom. The predicted molar refractivity (Wildman–Crippen MR) is 81.5 cm³/mol. The average molecular weight is 383 g/mol. The highest BCUT2D eigenvalue weighted by atomic mass is 79.9. The topological polar surface area (TPSA) is 106 Å². The summed E-state index contributed by atoms with van der Waals surface area (Å²) in [6, 6.07) is 2.75. The molecular weight excluding hydrogens is 368 g/mol. The maximum absolute atomic E-state index is 11.9. The molecule has 0 aromatic heterocycles. The van der Waals surface area contributed by atoms with Gasteiger partial charge in [0.2, 0.25) is 10.0 Å². The summed E-state index contributed by atoms with van der Waals surface area (Å²) in [7, 11) is -4.91. The van der Waals surface area contributed by atoms with Crippen LogP contribution in [0.4, 0.5) is 0 Å². The highest BCUT2D eigenvalue weighted by Gasteiger charge is 2.17. The molecule has 0 heterocycles. The van der Waals surface area contributed by atoms with Crippen molar-refractivity contribution < 1.29 is 17.4 Å². The van der Waals surface area contributed by atoms with Gasteiger partial charge in [0.25, 0.3) is 5.91 Å². The van der Waals surface area contributed by atoms with Crippen LogP contribution in [0.1, 0.15) is 15.9 Å². The van der Waals surface area contributed by atoms with Crippen molar-refractivity contribution in [2.24, 2.45) is 5.14 Å². The average Bonchev–Trinajstić information content (AvgIpc) is 2.30. The number of benzene rings is 1. The normalized spacial score (nSPS) is 13.0. The zero-order valence-corrected chi connectivity index (χ0v) is 14.2. The number of hydrogen-bond acceptors (Lipinski definition) is 4. The zero-order chi connectivity index (χ0) is 15.5. The van der Waals surface area contributed by atoms with E-state index in [0.29, 0.717) is 15.8 Å². The standard InChI is InChI=1S/C11H15BrN2O4S2/c1-7-9(12)5-8(6-10(7)20(13,17)18)11(15)14-3-4-19(2)16/h5-6H,3-4H2,1-2H3,(H,14,15)(H2,13,17,18). The molecule has 1 rings (SSSR count). The molecule has 1 aromatic rings. The van der Waals surface area contributed by atoms with Crippen molar-refractivity contribution in [2.45, 2.75) is 11.8 Å². The number of carbonyl (C=O) groups is 1. The van der Waals surface area contributed by atoms with Gasteiger partial charge in [-0.2, -0.15) is 0 Å². The van der Waals surface area contributed by atoms with Gasteiger partial charge < -0.3 is 5.32 Å². The van der Waals surface area contributed by atoms with Crippen LogP contribution in [0.25, 0.3) is 0 Å². The Morgan fingerprint density at radius 1 is 1.45 bits per heavy atom. The van der Waals surface area contributed by atoms with E-state index in [1.165, 1.54) is 18.4 Å². The fourth-order valence-electron chi connectivity index (χ4n) is 1.49. The first kappa shape index (κ1) is 17.3. The number of hydrogen-bond donors (Lipinski definition) is 2. The van der Waals surface area contributed by atoms with Crippen LogP contribution >= 0.6 is 15.9 Å². The molecule has 1 unspecified atom stereocenters. The van der Waals surface area contributed by atoms with Gasteiger partial charge >= 0.3 is 0 Å². The van der Waals surface area contributed by atoms with E-state index < -0.39 is 26.7 Å². The van der Waals surface area contributed by atoms with Crippen molar-refractivity contribution in [3.63, 3.8) is 0 Å². The Hall–Kier alpha value is -0.770. The number of rotatable bonds is 5. The van der Waals surface area contributed by atoms with Gasteiger partial charge in [0.1, 0.15) is 0 Å². The first-order valence-corrected chi connectivity index (χ1v) is 9.60. The van der Waals surface area contributed by atoms with Crippen LogP contribution in [-0.2, 0) is 20.8 Å². The van der Waals surface area contributed by atoms with Crippen molar-refractivity contribution in [1.29, 1.82) is 0 Å². The second kappa shape index (κ2) is 6.79. The molecule has 0 aliphatic heterocycles. The van der Waals surface area contributed by atoms with Crippen LogP contribution in [0.5, 0.6) is 0 Å². The van der Waals surface area contributed by atoms with Gasteiger partial charge in [-0.15, -0.1) is 0 Å². The molecule has 112 valence electrons. The molecule has 9 heteroatoms. The van der Waals surface area contributed by atoms with Gasteiger partial charge in [0, 0.05) is 39.4 Å². The summed E-state index contributed by atoms with van der Waals surface area (Å²) in [5, 5.41) is 7.68. The summed E-state index contributed by atoms with van der Waals surface area (Å²) in [4.78, 5) is 11.8. The third-order valence-electron chi connectivity index (χ3n) is 2.54. The first-order valence-electron chi connectivity index (χ1n) is 5.54. The number of carbonyl (C=O) groups excluding carboxylic acids is 1. The molecule has 0 spiro atoms. The second-order valence-electron chi connectivity index (χ2n) is 4.16. The molecule has 0 saturated heterocycles. The largest absolute Gasteiger partial charge is 0.351 e. The monoisotopic (exact) mass is 382 g/mol. The lowest BCUT2D eigenvalue weighted by molar-refractivity contribution is 0.0956. The Balaban J connectivity index is 3.05. The van der Waals surface area contributed by atoms with E-state index in [-0.39, 0.29) is 17.0 Å². The maximum Gasteiger partial charge on any atom is 0.251 e. The number of sulfonamides is 1. The molecule has 20 heavy (non-hydrogen) atoms. The molecule has 0 saturated carbocycles. The van der Waals surface area contributed by atoms with E-state index >= 15 is 0 Å². The Labute approximate surface area is 128 Å². The lowest BCUT2D eigenvalue weighted by Gasteiger charge is -2.10. The molecule has 1 atom stereocenters. The molecule has 0 aliphatic carbocycles. The van der Waals surface area contributed by atoms with Crippen molar-refractivity contribution >= 4 is 42.7 Å². The van der Waals surface area contributed by atoms with Crippen molar-refractivity contribution in [2.75, 3.05) is 18.6 Å². The minimum Gasteiger partial charge on any atom is -0.351 e. The molecule has 0 fully saturated rings. The predicted octanol–water partition coefficient (Wildman–Crippen LogP) is 0.513. The van der Waals surface area contributed by atoms with E-state index in [2.05, 4.69) is 21.2 Å². The Bertz CT molecular complexity index is 659. The highest BCUT2D eigenvalue weighted by Crippen LogP contribution is 2.25. The molecule has 6 nitrogen and oxygen atoms in total. The van der Waals surface area contributed by atoms with Gasteiger partial charge in [0.15, 0.2) is 0 Å². The molecular formula is C11H15BrN2O4S2. The van der Waals surface area contributed by atoms with Crippen molar-refractivity contribution in [3.8, 4) is 0 Å². The SMILES string of the molecule is Cc1c(Br)cc(C(=O)NCCS(C)=O)cc1S(N)(=O)=O. The number of nitrogens with one attached hydrogen (secondary N) is 1. The second-order valence-corrected chi connectivity index (χ2v) is 8.10. The van der Waals surface area contributed by atoms with Crippen LogP contribution in [-0.4, -0.2) is 37.1 Å². The summed E-state index contributed by atoms with van der Waals surface area (Å²) in [6.45, 7) is 1.84. The van der Waals surface area contributed by atoms with Crippen molar-refractivity contribution in [1.82, 2.24) is 5.32 Å². The third kappa shape index (κ3) is 4.65. The number of halogens is 1. The van der Waals surface area contributed by atoms with Gasteiger partial charge in [-0.3, -0.25) is 9.00 Å². The van der Waals surface area contributed by atoms with E-state index in [4.69, 9.17) is 5.14 Å². The minimum atomic E-state index is -3.90. The Morgan fingerprint density at radius 3 is 2.55 bits per heavy atom. The molecule has 1 amide bonds. The van der Waals surface area contributed by atoms with E-state index in [0.717, 1.165) is 0 Å². The smallest absolute Gasteiger partial charge is 0.251 e. The van der Waals surface area contributed by atoms with Gasteiger partial charge in [-0.1, -0.05) is 15.9 Å². The van der Waals surface area contributed by atoms with Crippen LogP contribution < -0.4 is 10.5 Å². The zero-order valence-electron chi connectivity index (χ0n) is 11.0. The van der Waals surface area contributed by atoms with Crippen LogP contribution in [0.2, 0.25) is 0 Å². The lowest BCUT2D eigenvalue weighted by atomic mass is 10.1. The summed E-state index contributed by atoms with van der Waals surface area (Å²) >= 11 is 3.20. The van der Waals surface area contributed by atoms with E-state index in [1.54, 1.807) is 6.92 Å². The summed E-state index contributed by atoms with van der Waals surface area (Å²) in [5.74, 6) is -0.109. The molecule has 3 N–H and O–H groups in total. The molecule has 0 aliphatic rings. The highest BCUT2D eigenvalue weighted by molar-refractivity contribution is 9.10. The van der Waals surface area contributed by atoms with E-state index in [1.807, 2.05) is 0 Å². The van der Waals surface area contributed by atoms with Crippen LogP contribution in [0.15, 0.2) is 21.5 Å². The fourth-order valence-corrected chi connectivity index (χ4v) is 3.30. The quantitative estimate of drug-likeness (QED) is 0.773. The summed E-state index contributed by atoms with van der Waals surface area (Å²) in [6.07, 6.45) is 1.54. The number of primary sulfonamides is 1. The molecule has 0 radical (unpaired) electrons. The minimum absolute atomic E-state index is 0.101. The van der Waals surface area contributed by atoms with Crippen molar-refractivity contribution in [3.05, 3.63) is 27.7 Å². The maximum atomic E-state index is 11.9. The van der Waals surface area contributed by atoms with Gasteiger partial charge in [-0.25, -0.2) is 13.6 Å².